The fraction of sp³-hybridized carbons (Fsp3) is 0.500. The van der Waals surface area contributed by atoms with Crippen molar-refractivity contribution in [2.24, 2.45) is 5.11 Å². The highest BCUT2D eigenvalue weighted by molar-refractivity contribution is 8.19. The quantitative estimate of drug-likeness (QED) is 0.350. The van der Waals surface area contributed by atoms with Crippen molar-refractivity contribution in [3.05, 3.63) is 40.3 Å². The maximum atomic E-state index is 12.4. The zero-order valence-electron chi connectivity index (χ0n) is 11.8. The predicted molar refractivity (Wildman–Crippen MR) is 87.8 cm³/mol. The van der Waals surface area contributed by atoms with Crippen molar-refractivity contribution in [3.8, 4) is 0 Å². The van der Waals surface area contributed by atoms with E-state index in [1.54, 1.807) is 35.7 Å². The Hall–Kier alpha value is -1.30. The summed E-state index contributed by atoms with van der Waals surface area (Å²) in [5.74, 6) is 1.81. The number of ether oxygens (including phenoxy) is 1. The van der Waals surface area contributed by atoms with Gasteiger partial charge in [-0.05, 0) is 35.9 Å². The van der Waals surface area contributed by atoms with Crippen LogP contribution in [0.5, 0.6) is 0 Å². The molecule has 1 aromatic carbocycles. The second-order valence-corrected chi connectivity index (χ2v) is 7.60. The summed E-state index contributed by atoms with van der Waals surface area (Å²) in [6.07, 6.45) is 1.74. The number of hydrogen-bond acceptors (Lipinski definition) is 5. The Kier molecular flexibility index (Phi) is 5.85. The number of thioether (sulfide) groups is 2. The first-order chi connectivity index (χ1) is 10.2. The molecule has 1 heterocycles. The number of carbonyl (C=O) groups is 1. The van der Waals surface area contributed by atoms with Crippen molar-refractivity contribution in [2.45, 2.75) is 23.8 Å². The summed E-state index contributed by atoms with van der Waals surface area (Å²) in [5, 5.41) is 3.55. The zero-order chi connectivity index (χ0) is 15.1. The molecule has 0 atom stereocenters. The summed E-state index contributed by atoms with van der Waals surface area (Å²) in [6, 6.07) is 7.35. The lowest BCUT2D eigenvalue weighted by molar-refractivity contribution is -0.143. The molecule has 2 rings (SSSR count). The van der Waals surface area contributed by atoms with E-state index in [9.17, 15) is 4.79 Å². The van der Waals surface area contributed by atoms with Gasteiger partial charge < -0.3 is 4.74 Å². The van der Waals surface area contributed by atoms with E-state index in [4.69, 9.17) is 10.3 Å². The van der Waals surface area contributed by atoms with E-state index >= 15 is 0 Å². The van der Waals surface area contributed by atoms with Gasteiger partial charge in [0.2, 0.25) is 0 Å². The Balaban J connectivity index is 2.18. The van der Waals surface area contributed by atoms with Crippen LogP contribution in [0.2, 0.25) is 0 Å². The highest BCUT2D eigenvalue weighted by Crippen LogP contribution is 2.45. The SMILES string of the molecule is CCOC(=O)C1(Cc2ccc(N=[N+]=[N-])cc2)SCCCS1. The van der Waals surface area contributed by atoms with Crippen LogP contribution in [0.15, 0.2) is 29.4 Å². The van der Waals surface area contributed by atoms with E-state index in [0.717, 1.165) is 23.5 Å². The first kappa shape index (κ1) is 16.1. The third kappa shape index (κ3) is 4.09. The molecule has 0 spiro atoms. The molecule has 0 amide bonds. The molecular formula is C14H17N3O2S2. The summed E-state index contributed by atoms with van der Waals surface area (Å²) in [7, 11) is 0. The second kappa shape index (κ2) is 7.64. The minimum Gasteiger partial charge on any atom is -0.464 e. The second-order valence-electron chi connectivity index (χ2n) is 4.56. The van der Waals surface area contributed by atoms with E-state index in [1.807, 2.05) is 19.1 Å². The molecule has 0 unspecified atom stereocenters. The first-order valence-electron chi connectivity index (χ1n) is 6.79. The molecule has 5 nitrogen and oxygen atoms in total. The van der Waals surface area contributed by atoms with Gasteiger partial charge in [0.25, 0.3) is 0 Å². The third-order valence-corrected chi connectivity index (χ3v) is 6.33. The molecule has 21 heavy (non-hydrogen) atoms. The lowest BCUT2D eigenvalue weighted by atomic mass is 10.1. The monoisotopic (exact) mass is 323 g/mol. The van der Waals surface area contributed by atoms with E-state index in [2.05, 4.69) is 10.0 Å². The summed E-state index contributed by atoms with van der Waals surface area (Å²) < 4.78 is 4.72. The van der Waals surface area contributed by atoms with Gasteiger partial charge >= 0.3 is 5.97 Å². The molecule has 7 heteroatoms. The molecule has 1 aromatic rings. The molecular weight excluding hydrogens is 306 g/mol. The normalized spacial score (nSPS) is 16.8. The van der Waals surface area contributed by atoms with Crippen molar-refractivity contribution in [2.75, 3.05) is 18.1 Å². The fourth-order valence-corrected chi connectivity index (χ4v) is 5.25. The molecule has 0 N–H and O–H groups in total. The summed E-state index contributed by atoms with van der Waals surface area (Å²) >= 11 is 3.35. The molecule has 0 aromatic heterocycles. The van der Waals surface area contributed by atoms with Crippen LogP contribution in [0.25, 0.3) is 10.4 Å². The molecule has 1 fully saturated rings. The van der Waals surface area contributed by atoms with Crippen LogP contribution >= 0.6 is 23.5 Å². The number of nitrogens with zero attached hydrogens (tertiary/aromatic N) is 3. The number of carbonyl (C=O) groups excluding carboxylic acids is 1. The van der Waals surface area contributed by atoms with E-state index < -0.39 is 4.08 Å². The molecule has 0 saturated carbocycles. The topological polar surface area (TPSA) is 75.1 Å². The van der Waals surface area contributed by atoms with Crippen molar-refractivity contribution in [1.82, 2.24) is 0 Å². The van der Waals surface area contributed by atoms with Crippen LogP contribution in [-0.4, -0.2) is 28.2 Å². The zero-order valence-corrected chi connectivity index (χ0v) is 13.5. The smallest absolute Gasteiger partial charge is 0.332 e. The standard InChI is InChI=1S/C14H17N3O2S2/c1-2-19-13(18)14(20-8-3-9-21-14)10-11-4-6-12(7-5-11)16-17-15/h4-7H,2-3,8-10H2,1H3. The summed E-state index contributed by atoms with van der Waals surface area (Å²) in [5.41, 5.74) is 10.0. The van der Waals surface area contributed by atoms with Crippen LogP contribution in [0.3, 0.4) is 0 Å². The van der Waals surface area contributed by atoms with Crippen molar-refractivity contribution >= 4 is 35.2 Å². The van der Waals surface area contributed by atoms with Crippen molar-refractivity contribution < 1.29 is 9.53 Å². The highest BCUT2D eigenvalue weighted by Gasteiger charge is 2.42. The molecule has 1 aliphatic heterocycles. The summed E-state index contributed by atoms with van der Waals surface area (Å²) in [6.45, 7) is 2.23. The van der Waals surface area contributed by atoms with Gasteiger partial charge in [-0.25, -0.2) is 4.79 Å². The van der Waals surface area contributed by atoms with Crippen molar-refractivity contribution in [3.63, 3.8) is 0 Å². The molecule has 1 aliphatic rings. The first-order valence-corrected chi connectivity index (χ1v) is 8.76. The van der Waals surface area contributed by atoms with E-state index in [0.29, 0.717) is 18.7 Å². The van der Waals surface area contributed by atoms with Gasteiger partial charge in [0.1, 0.15) is 0 Å². The Morgan fingerprint density at radius 1 is 1.38 bits per heavy atom. The van der Waals surface area contributed by atoms with Gasteiger partial charge in [-0.3, -0.25) is 0 Å². The minimum atomic E-state index is -0.547. The lowest BCUT2D eigenvalue weighted by Crippen LogP contribution is -2.38. The number of hydrogen-bond donors (Lipinski definition) is 0. The number of azide groups is 1. The Morgan fingerprint density at radius 3 is 2.62 bits per heavy atom. The van der Waals surface area contributed by atoms with E-state index in [1.165, 1.54) is 0 Å². The average Bonchev–Trinajstić information content (AvgIpc) is 2.51. The number of rotatable bonds is 5. The molecule has 1 saturated heterocycles. The van der Waals surface area contributed by atoms with Gasteiger partial charge in [-0.1, -0.05) is 29.4 Å². The maximum absolute atomic E-state index is 12.4. The Morgan fingerprint density at radius 2 is 2.05 bits per heavy atom. The van der Waals surface area contributed by atoms with Crippen LogP contribution in [0.1, 0.15) is 18.9 Å². The molecule has 0 bridgehead atoms. The fourth-order valence-electron chi connectivity index (χ4n) is 2.11. The van der Waals surface area contributed by atoms with Gasteiger partial charge in [0.05, 0.1) is 6.61 Å². The van der Waals surface area contributed by atoms with Gasteiger partial charge in [-0.2, -0.15) is 0 Å². The Labute approximate surface area is 132 Å². The maximum Gasteiger partial charge on any atom is 0.332 e. The van der Waals surface area contributed by atoms with E-state index in [-0.39, 0.29) is 5.97 Å². The highest BCUT2D eigenvalue weighted by atomic mass is 32.2. The Bertz CT molecular complexity index is 536. The lowest BCUT2D eigenvalue weighted by Gasteiger charge is -2.33. The molecule has 112 valence electrons. The van der Waals surface area contributed by atoms with Crippen molar-refractivity contribution in [1.29, 1.82) is 0 Å². The van der Waals surface area contributed by atoms with Gasteiger partial charge in [0, 0.05) is 17.0 Å². The largest absolute Gasteiger partial charge is 0.464 e. The third-order valence-electron chi connectivity index (χ3n) is 3.08. The summed E-state index contributed by atoms with van der Waals surface area (Å²) in [4.78, 5) is 15.1. The van der Waals surface area contributed by atoms with Crippen LogP contribution in [-0.2, 0) is 16.0 Å². The average molecular weight is 323 g/mol. The molecule has 0 aliphatic carbocycles. The molecule has 0 radical (unpaired) electrons. The van der Waals surface area contributed by atoms with Crippen LogP contribution in [0, 0.1) is 0 Å². The van der Waals surface area contributed by atoms with Gasteiger partial charge in [0.15, 0.2) is 4.08 Å². The number of benzene rings is 1. The van der Waals surface area contributed by atoms with Crippen LogP contribution in [0.4, 0.5) is 5.69 Å². The number of esters is 1. The van der Waals surface area contributed by atoms with Gasteiger partial charge in [-0.15, -0.1) is 23.5 Å². The minimum absolute atomic E-state index is 0.140. The predicted octanol–water partition coefficient (Wildman–Crippen LogP) is 4.30. The van der Waals surface area contributed by atoms with Crippen LogP contribution < -0.4 is 0 Å².